The molecular weight excluding hydrogens is 244 g/mol. The molecule has 2 N–H and O–H groups in total. The van der Waals surface area contributed by atoms with E-state index in [0.717, 1.165) is 16.3 Å². The monoisotopic (exact) mass is 258 g/mol. The Morgan fingerprint density at radius 1 is 1.05 bits per heavy atom. The van der Waals surface area contributed by atoms with Crippen LogP contribution in [0.25, 0.3) is 10.8 Å². The molecule has 0 aliphatic carbocycles. The summed E-state index contributed by atoms with van der Waals surface area (Å²) in [6.07, 6.45) is -0.513. The molecule has 0 aliphatic heterocycles. The largest absolute Gasteiger partial charge is 0.452 e. The molecule has 2 aromatic carbocycles. The van der Waals surface area contributed by atoms with Crippen LogP contribution in [0.5, 0.6) is 0 Å². The lowest BCUT2D eigenvalue weighted by Gasteiger charge is -2.06. The second kappa shape index (κ2) is 5.86. The number of ether oxygens (including phenoxy) is 1. The number of hydrazine groups is 1. The highest BCUT2D eigenvalue weighted by molar-refractivity contribution is 5.85. The topological polar surface area (TPSA) is 67.4 Å². The minimum Gasteiger partial charge on any atom is -0.452 e. The highest BCUT2D eigenvalue weighted by Gasteiger charge is 2.05. The van der Waals surface area contributed by atoms with Gasteiger partial charge in [0.1, 0.15) is 0 Å². The maximum absolute atomic E-state index is 11.6. The van der Waals surface area contributed by atoms with Crippen LogP contribution in [0.3, 0.4) is 0 Å². The Morgan fingerprint density at radius 3 is 2.53 bits per heavy atom. The minimum absolute atomic E-state index is 0.189. The lowest BCUT2D eigenvalue weighted by atomic mass is 10.1. The van der Waals surface area contributed by atoms with Crippen LogP contribution in [-0.4, -0.2) is 19.1 Å². The average Bonchev–Trinajstić information content (AvgIpc) is 2.44. The number of carbonyl (C=O) groups is 2. The summed E-state index contributed by atoms with van der Waals surface area (Å²) in [5.41, 5.74) is 5.27. The van der Waals surface area contributed by atoms with Crippen LogP contribution >= 0.6 is 0 Å². The number of nitrogens with one attached hydrogen (secondary N) is 2. The van der Waals surface area contributed by atoms with Crippen molar-refractivity contribution >= 4 is 22.8 Å². The molecule has 2 rings (SSSR count). The first-order valence-corrected chi connectivity index (χ1v) is 5.79. The molecule has 0 aliphatic rings. The summed E-state index contributed by atoms with van der Waals surface area (Å²) in [5.74, 6) is -0.305. The molecule has 2 aromatic rings. The predicted molar refractivity (Wildman–Crippen MR) is 71.3 cm³/mol. The first-order chi connectivity index (χ1) is 9.19. The van der Waals surface area contributed by atoms with Crippen molar-refractivity contribution in [2.45, 2.75) is 6.42 Å². The zero-order valence-electron chi connectivity index (χ0n) is 10.5. The molecule has 19 heavy (non-hydrogen) atoms. The van der Waals surface area contributed by atoms with Gasteiger partial charge < -0.3 is 4.74 Å². The molecule has 5 heteroatoms. The van der Waals surface area contributed by atoms with Crippen molar-refractivity contribution < 1.29 is 14.3 Å². The first kappa shape index (κ1) is 12.9. The van der Waals surface area contributed by atoms with Crippen LogP contribution in [0.4, 0.5) is 4.79 Å². The van der Waals surface area contributed by atoms with Crippen molar-refractivity contribution in [3.05, 3.63) is 48.0 Å². The fourth-order valence-corrected chi connectivity index (χ4v) is 1.75. The molecule has 0 atom stereocenters. The third-order valence-electron chi connectivity index (χ3n) is 2.67. The van der Waals surface area contributed by atoms with Gasteiger partial charge in [0.15, 0.2) is 0 Å². The zero-order valence-corrected chi connectivity index (χ0v) is 10.5. The van der Waals surface area contributed by atoms with E-state index in [1.165, 1.54) is 7.11 Å². The first-order valence-electron chi connectivity index (χ1n) is 5.79. The maximum atomic E-state index is 11.6. The number of rotatable bonds is 2. The number of hydrogen-bond donors (Lipinski definition) is 2. The molecule has 0 fully saturated rings. The summed E-state index contributed by atoms with van der Waals surface area (Å²) in [7, 11) is 1.23. The van der Waals surface area contributed by atoms with Crippen molar-refractivity contribution in [2.75, 3.05) is 7.11 Å². The van der Waals surface area contributed by atoms with Crippen molar-refractivity contribution in [1.82, 2.24) is 10.9 Å². The van der Waals surface area contributed by atoms with E-state index in [-0.39, 0.29) is 12.3 Å². The van der Waals surface area contributed by atoms with Gasteiger partial charge in [0.25, 0.3) is 0 Å². The maximum Gasteiger partial charge on any atom is 0.425 e. The van der Waals surface area contributed by atoms with Crippen LogP contribution < -0.4 is 10.9 Å². The summed E-state index contributed by atoms with van der Waals surface area (Å²) >= 11 is 0. The van der Waals surface area contributed by atoms with Gasteiger partial charge in [-0.25, -0.2) is 10.2 Å². The molecule has 0 heterocycles. The molecule has 0 saturated heterocycles. The summed E-state index contributed by atoms with van der Waals surface area (Å²) in [6, 6.07) is 13.7. The molecule has 0 unspecified atom stereocenters. The fourth-order valence-electron chi connectivity index (χ4n) is 1.75. The highest BCUT2D eigenvalue weighted by Crippen LogP contribution is 2.15. The van der Waals surface area contributed by atoms with Gasteiger partial charge in [0, 0.05) is 0 Å². The number of hydrogen-bond acceptors (Lipinski definition) is 3. The standard InChI is InChI=1S/C14H14N2O3/c1-19-14(18)16-15-13(17)9-10-6-7-11-4-2-3-5-12(11)8-10/h2-8H,9H2,1H3,(H,15,17)(H,16,18). The van der Waals surface area contributed by atoms with E-state index >= 15 is 0 Å². The summed E-state index contributed by atoms with van der Waals surface area (Å²) in [5, 5.41) is 2.20. The summed E-state index contributed by atoms with van der Waals surface area (Å²) < 4.78 is 4.34. The van der Waals surface area contributed by atoms with Gasteiger partial charge in [-0.3, -0.25) is 10.2 Å². The van der Waals surface area contributed by atoms with Gasteiger partial charge >= 0.3 is 6.09 Å². The normalized spacial score (nSPS) is 9.95. The predicted octanol–water partition coefficient (Wildman–Crippen LogP) is 1.77. The smallest absolute Gasteiger partial charge is 0.425 e. The Morgan fingerprint density at radius 2 is 1.79 bits per heavy atom. The molecule has 0 spiro atoms. The molecular formula is C14H14N2O3. The second-order valence-electron chi connectivity index (χ2n) is 4.02. The molecule has 98 valence electrons. The third kappa shape index (κ3) is 3.45. The molecule has 0 aromatic heterocycles. The molecule has 5 nitrogen and oxygen atoms in total. The molecule has 2 amide bonds. The lowest BCUT2D eigenvalue weighted by Crippen LogP contribution is -2.42. The van der Waals surface area contributed by atoms with E-state index < -0.39 is 6.09 Å². The van der Waals surface area contributed by atoms with Crippen molar-refractivity contribution in [1.29, 1.82) is 0 Å². The highest BCUT2D eigenvalue weighted by atomic mass is 16.5. The van der Waals surface area contributed by atoms with E-state index in [9.17, 15) is 9.59 Å². The van der Waals surface area contributed by atoms with Crippen molar-refractivity contribution in [3.8, 4) is 0 Å². The Balaban J connectivity index is 2.01. The lowest BCUT2D eigenvalue weighted by molar-refractivity contribution is -0.121. The minimum atomic E-state index is -0.702. The van der Waals surface area contributed by atoms with Crippen molar-refractivity contribution in [3.63, 3.8) is 0 Å². The Hall–Kier alpha value is -2.56. The van der Waals surface area contributed by atoms with Crippen LogP contribution in [0.1, 0.15) is 5.56 Å². The van der Waals surface area contributed by atoms with Gasteiger partial charge in [-0.05, 0) is 16.3 Å². The van der Waals surface area contributed by atoms with Gasteiger partial charge in [-0.2, -0.15) is 0 Å². The zero-order chi connectivity index (χ0) is 13.7. The molecule has 0 saturated carbocycles. The third-order valence-corrected chi connectivity index (χ3v) is 2.67. The van der Waals surface area contributed by atoms with Crippen LogP contribution in [-0.2, 0) is 16.0 Å². The van der Waals surface area contributed by atoms with Gasteiger partial charge in [0.05, 0.1) is 13.5 Å². The van der Waals surface area contributed by atoms with Gasteiger partial charge in [-0.15, -0.1) is 0 Å². The Kier molecular flexibility index (Phi) is 3.97. The number of benzene rings is 2. The number of fused-ring (bicyclic) bond motifs is 1. The quantitative estimate of drug-likeness (QED) is 0.807. The molecule has 0 bridgehead atoms. The number of methoxy groups -OCH3 is 1. The number of carbonyl (C=O) groups excluding carboxylic acids is 2. The van der Waals surface area contributed by atoms with Gasteiger partial charge in [-0.1, -0.05) is 42.5 Å². The molecule has 0 radical (unpaired) electrons. The second-order valence-corrected chi connectivity index (χ2v) is 4.02. The van der Waals surface area contributed by atoms with E-state index in [2.05, 4.69) is 15.6 Å². The van der Waals surface area contributed by atoms with E-state index in [0.29, 0.717) is 0 Å². The van der Waals surface area contributed by atoms with E-state index in [4.69, 9.17) is 0 Å². The summed E-state index contributed by atoms with van der Waals surface area (Å²) in [4.78, 5) is 22.4. The average molecular weight is 258 g/mol. The van der Waals surface area contributed by atoms with Crippen LogP contribution in [0.15, 0.2) is 42.5 Å². The van der Waals surface area contributed by atoms with E-state index in [1.54, 1.807) is 0 Å². The van der Waals surface area contributed by atoms with E-state index in [1.807, 2.05) is 42.5 Å². The van der Waals surface area contributed by atoms with Crippen LogP contribution in [0.2, 0.25) is 0 Å². The van der Waals surface area contributed by atoms with Crippen LogP contribution in [0, 0.1) is 0 Å². The van der Waals surface area contributed by atoms with Crippen molar-refractivity contribution in [2.24, 2.45) is 0 Å². The fraction of sp³-hybridized carbons (Fsp3) is 0.143. The Bertz CT molecular complexity index is 610. The number of amides is 2. The van der Waals surface area contributed by atoms with Gasteiger partial charge in [0.2, 0.25) is 5.91 Å². The summed E-state index contributed by atoms with van der Waals surface area (Å²) in [6.45, 7) is 0. The SMILES string of the molecule is COC(=O)NNC(=O)Cc1ccc2ccccc2c1. The Labute approximate surface area is 110 Å².